The Morgan fingerprint density at radius 1 is 1.12 bits per heavy atom. The molecular formula is C25H30N4O3. The van der Waals surface area contributed by atoms with Gasteiger partial charge in [0, 0.05) is 38.2 Å². The molecule has 0 saturated carbocycles. The molecule has 4 rings (SSSR count). The maximum Gasteiger partial charge on any atom is 0.309 e. The number of nitrogens with zero attached hydrogens (tertiary/aromatic N) is 3. The van der Waals surface area contributed by atoms with Gasteiger partial charge >= 0.3 is 5.97 Å². The number of benzene rings is 2. The van der Waals surface area contributed by atoms with Gasteiger partial charge in [-0.15, -0.1) is 0 Å². The number of hydrogen-bond donors (Lipinski definition) is 2. The summed E-state index contributed by atoms with van der Waals surface area (Å²) in [7, 11) is 0. The van der Waals surface area contributed by atoms with E-state index in [0.717, 1.165) is 29.7 Å². The number of likely N-dealkylation sites (tertiary alicyclic amines) is 1. The molecule has 0 spiro atoms. The molecule has 1 aromatic heterocycles. The molecule has 1 aliphatic rings. The van der Waals surface area contributed by atoms with Crippen LogP contribution in [0.3, 0.4) is 0 Å². The highest BCUT2D eigenvalue weighted by Crippen LogP contribution is 2.29. The van der Waals surface area contributed by atoms with Crippen LogP contribution in [0.2, 0.25) is 0 Å². The van der Waals surface area contributed by atoms with Crippen molar-refractivity contribution < 1.29 is 14.4 Å². The molecule has 1 fully saturated rings. The van der Waals surface area contributed by atoms with Gasteiger partial charge in [-0.2, -0.15) is 4.98 Å². The Morgan fingerprint density at radius 2 is 1.78 bits per heavy atom. The number of rotatable bonds is 9. The highest BCUT2D eigenvalue weighted by Gasteiger charge is 2.32. The predicted octanol–water partition coefficient (Wildman–Crippen LogP) is 3.62. The average molecular weight is 435 g/mol. The summed E-state index contributed by atoms with van der Waals surface area (Å²) in [6, 6.07) is 16.5. The Morgan fingerprint density at radius 3 is 2.41 bits per heavy atom. The molecule has 3 aromatic rings. The van der Waals surface area contributed by atoms with Gasteiger partial charge in [0.15, 0.2) is 0 Å². The first kappa shape index (κ1) is 22.2. The molecule has 0 unspecified atom stereocenters. The molecule has 1 saturated heterocycles. The monoisotopic (exact) mass is 434 g/mol. The first-order chi connectivity index (χ1) is 15.3. The van der Waals surface area contributed by atoms with E-state index in [1.165, 1.54) is 5.56 Å². The lowest BCUT2D eigenvalue weighted by atomic mass is 9.80. The van der Waals surface area contributed by atoms with Crippen LogP contribution in [0.5, 0.6) is 0 Å². The molecule has 0 radical (unpaired) electrons. The minimum absolute atomic E-state index is 0.0140. The number of carbonyl (C=O) groups is 1. The van der Waals surface area contributed by atoms with Crippen LogP contribution < -0.4 is 5.73 Å². The van der Waals surface area contributed by atoms with E-state index in [4.69, 9.17) is 15.4 Å². The van der Waals surface area contributed by atoms with E-state index < -0.39 is 5.97 Å². The van der Waals surface area contributed by atoms with Crippen molar-refractivity contribution >= 4 is 5.97 Å². The van der Waals surface area contributed by atoms with Crippen LogP contribution in [0.4, 0.5) is 0 Å². The molecule has 0 atom stereocenters. The van der Waals surface area contributed by atoms with Gasteiger partial charge in [-0.3, -0.25) is 9.69 Å². The van der Waals surface area contributed by atoms with Gasteiger partial charge in [-0.05, 0) is 28.5 Å². The molecule has 0 aliphatic carbocycles. The van der Waals surface area contributed by atoms with Crippen LogP contribution in [0.15, 0.2) is 53.1 Å². The number of hydrogen-bond acceptors (Lipinski definition) is 6. The lowest BCUT2D eigenvalue weighted by Crippen LogP contribution is -2.49. The zero-order chi connectivity index (χ0) is 22.7. The summed E-state index contributed by atoms with van der Waals surface area (Å²) < 4.78 is 5.50. The average Bonchev–Trinajstić information content (AvgIpc) is 3.24. The molecule has 2 heterocycles. The Labute approximate surface area is 188 Å². The lowest BCUT2D eigenvalue weighted by Gasteiger charge is -2.36. The van der Waals surface area contributed by atoms with Crippen molar-refractivity contribution in [1.29, 1.82) is 0 Å². The van der Waals surface area contributed by atoms with Gasteiger partial charge in [0.1, 0.15) is 0 Å². The Hall–Kier alpha value is -3.03. The Balaban J connectivity index is 1.32. The smallest absolute Gasteiger partial charge is 0.309 e. The van der Waals surface area contributed by atoms with Gasteiger partial charge in [-0.1, -0.05) is 67.5 Å². The number of carboxylic acids is 1. The second-order valence-corrected chi connectivity index (χ2v) is 9.22. The van der Waals surface area contributed by atoms with Crippen molar-refractivity contribution in [3.63, 3.8) is 0 Å². The minimum atomic E-state index is -0.711. The van der Waals surface area contributed by atoms with E-state index in [1.54, 1.807) is 0 Å². The van der Waals surface area contributed by atoms with Gasteiger partial charge in [0.05, 0.1) is 5.92 Å². The van der Waals surface area contributed by atoms with Gasteiger partial charge in [0.25, 0.3) is 0 Å². The number of carboxylic acid groups (broad SMARTS) is 1. The highest BCUT2D eigenvalue weighted by atomic mass is 16.5. The third-order valence-corrected chi connectivity index (χ3v) is 6.33. The summed E-state index contributed by atoms with van der Waals surface area (Å²) in [4.78, 5) is 17.6. The molecule has 0 bridgehead atoms. The summed E-state index contributed by atoms with van der Waals surface area (Å²) in [5, 5.41) is 13.1. The number of aryl methyl sites for hydroxylation is 1. The molecule has 7 heteroatoms. The fourth-order valence-electron chi connectivity index (χ4n) is 4.00. The van der Waals surface area contributed by atoms with E-state index in [2.05, 4.69) is 53.2 Å². The lowest BCUT2D eigenvalue weighted by molar-refractivity contribution is -0.147. The quantitative estimate of drug-likeness (QED) is 0.530. The fraction of sp³-hybridized carbons (Fsp3) is 0.400. The second-order valence-electron chi connectivity index (χ2n) is 9.22. The topological polar surface area (TPSA) is 105 Å². The van der Waals surface area contributed by atoms with Crippen molar-refractivity contribution in [3.8, 4) is 11.4 Å². The maximum atomic E-state index is 10.9. The standard InChI is InChI=1S/C25H30N4O3/c1-25(2,21-9-5-17(13-26)6-10-21)12-11-22-27-23(28-32-22)19-7-3-18(4-8-19)14-29-15-20(16-29)24(30)31/h3-10,20H,11-16,26H2,1-2H3,(H,30,31). The van der Waals surface area contributed by atoms with E-state index in [-0.39, 0.29) is 11.3 Å². The van der Waals surface area contributed by atoms with Gasteiger partial charge < -0.3 is 15.4 Å². The van der Waals surface area contributed by atoms with Crippen LogP contribution in [0.25, 0.3) is 11.4 Å². The molecule has 0 amide bonds. The third kappa shape index (κ3) is 5.06. The van der Waals surface area contributed by atoms with E-state index in [9.17, 15) is 4.79 Å². The van der Waals surface area contributed by atoms with Crippen LogP contribution >= 0.6 is 0 Å². The first-order valence-corrected chi connectivity index (χ1v) is 11.0. The zero-order valence-corrected chi connectivity index (χ0v) is 18.6. The van der Waals surface area contributed by atoms with Crippen molar-refractivity contribution in [2.75, 3.05) is 13.1 Å². The first-order valence-electron chi connectivity index (χ1n) is 11.0. The van der Waals surface area contributed by atoms with Crippen molar-refractivity contribution in [1.82, 2.24) is 15.0 Å². The minimum Gasteiger partial charge on any atom is -0.481 e. The Bertz CT molecular complexity index is 1050. The molecule has 32 heavy (non-hydrogen) atoms. The molecule has 168 valence electrons. The largest absolute Gasteiger partial charge is 0.481 e. The summed E-state index contributed by atoms with van der Waals surface area (Å²) >= 11 is 0. The molecule has 7 nitrogen and oxygen atoms in total. The Kier molecular flexibility index (Phi) is 6.39. The highest BCUT2D eigenvalue weighted by molar-refractivity contribution is 5.71. The van der Waals surface area contributed by atoms with Crippen LogP contribution in [0, 0.1) is 5.92 Å². The SMILES string of the molecule is CC(C)(CCc1nc(-c2ccc(CN3CC(C(=O)O)C3)cc2)no1)c1ccc(CN)cc1. The van der Waals surface area contributed by atoms with E-state index >= 15 is 0 Å². The number of aliphatic carboxylic acids is 1. The molecular weight excluding hydrogens is 404 g/mol. The van der Waals surface area contributed by atoms with Crippen LogP contribution in [-0.4, -0.2) is 39.2 Å². The third-order valence-electron chi connectivity index (χ3n) is 6.33. The fourth-order valence-corrected chi connectivity index (χ4v) is 4.00. The molecule has 2 aromatic carbocycles. The predicted molar refractivity (Wildman–Crippen MR) is 122 cm³/mol. The van der Waals surface area contributed by atoms with Crippen molar-refractivity contribution in [2.45, 2.75) is 45.2 Å². The van der Waals surface area contributed by atoms with Crippen LogP contribution in [0.1, 0.15) is 42.8 Å². The zero-order valence-electron chi connectivity index (χ0n) is 18.6. The second kappa shape index (κ2) is 9.22. The van der Waals surface area contributed by atoms with E-state index in [0.29, 0.717) is 37.8 Å². The van der Waals surface area contributed by atoms with Crippen molar-refractivity contribution in [2.24, 2.45) is 11.7 Å². The van der Waals surface area contributed by atoms with Gasteiger partial charge in [-0.25, -0.2) is 0 Å². The van der Waals surface area contributed by atoms with Crippen molar-refractivity contribution in [3.05, 3.63) is 71.1 Å². The summed E-state index contributed by atoms with van der Waals surface area (Å²) in [5.41, 5.74) is 10.1. The maximum absolute atomic E-state index is 10.9. The molecule has 1 aliphatic heterocycles. The molecule has 3 N–H and O–H groups in total. The number of aromatic nitrogens is 2. The van der Waals surface area contributed by atoms with Crippen LogP contribution in [-0.2, 0) is 29.7 Å². The summed E-state index contributed by atoms with van der Waals surface area (Å²) in [5.74, 6) is 0.280. The van der Waals surface area contributed by atoms with E-state index in [1.807, 2.05) is 24.3 Å². The van der Waals surface area contributed by atoms with Gasteiger partial charge in [0.2, 0.25) is 11.7 Å². The normalized spacial score (nSPS) is 15.0. The number of nitrogens with two attached hydrogens (primary N) is 1. The summed E-state index contributed by atoms with van der Waals surface area (Å²) in [6.45, 7) is 6.96. The summed E-state index contributed by atoms with van der Waals surface area (Å²) in [6.07, 6.45) is 1.60.